The van der Waals surface area contributed by atoms with Crippen LogP contribution < -0.4 is 5.32 Å². The van der Waals surface area contributed by atoms with Gasteiger partial charge in [-0.2, -0.15) is 0 Å². The van der Waals surface area contributed by atoms with Gasteiger partial charge in [-0.05, 0) is 84.0 Å². The van der Waals surface area contributed by atoms with E-state index in [4.69, 9.17) is 4.74 Å². The molecule has 1 aliphatic heterocycles. The first-order chi connectivity index (χ1) is 14.0. The van der Waals surface area contributed by atoms with Crippen LogP contribution in [0.15, 0.2) is 0 Å². The van der Waals surface area contributed by atoms with Crippen molar-refractivity contribution < 1.29 is 24.2 Å². The van der Waals surface area contributed by atoms with E-state index in [2.05, 4.69) is 5.32 Å². The average molecular weight is 421 g/mol. The number of amides is 2. The summed E-state index contributed by atoms with van der Waals surface area (Å²) in [6, 6.07) is -0.814. The fraction of sp³-hybridized carbons (Fsp3) is 0.870. The highest BCUT2D eigenvalue weighted by atomic mass is 16.5. The Kier molecular flexibility index (Phi) is 5.40. The first-order valence-corrected chi connectivity index (χ1v) is 11.5. The van der Waals surface area contributed by atoms with E-state index in [9.17, 15) is 19.5 Å². The number of nitrogens with one attached hydrogen (secondary N) is 1. The lowest BCUT2D eigenvalue weighted by Crippen LogP contribution is -2.56. The lowest BCUT2D eigenvalue weighted by molar-refractivity contribution is -0.168. The summed E-state index contributed by atoms with van der Waals surface area (Å²) in [4.78, 5) is 40.5. The molecule has 0 radical (unpaired) electrons. The van der Waals surface area contributed by atoms with Crippen LogP contribution in [-0.2, 0) is 19.1 Å². The number of nitrogens with zero attached hydrogens (tertiary/aromatic N) is 1. The zero-order valence-corrected chi connectivity index (χ0v) is 18.6. The van der Waals surface area contributed by atoms with E-state index in [1.54, 1.807) is 4.90 Å². The van der Waals surface area contributed by atoms with Crippen molar-refractivity contribution in [3.05, 3.63) is 0 Å². The molecule has 0 aromatic rings. The molecule has 1 saturated heterocycles. The molecule has 1 heterocycles. The van der Waals surface area contributed by atoms with Crippen LogP contribution >= 0.6 is 0 Å². The number of aliphatic hydroxyl groups excluding tert-OH is 1. The van der Waals surface area contributed by atoms with E-state index in [1.165, 1.54) is 26.2 Å². The molecule has 168 valence electrons. The van der Waals surface area contributed by atoms with Gasteiger partial charge in [0.25, 0.3) is 5.91 Å². The molecule has 7 nitrogen and oxygen atoms in total. The molecule has 4 saturated carbocycles. The summed E-state index contributed by atoms with van der Waals surface area (Å²) in [5, 5.41) is 13.1. The number of ether oxygens (including phenoxy) is 1. The van der Waals surface area contributed by atoms with Crippen molar-refractivity contribution in [2.45, 2.75) is 96.4 Å². The molecule has 2 amide bonds. The summed E-state index contributed by atoms with van der Waals surface area (Å²) < 4.78 is 5.43. The average Bonchev–Trinajstić information content (AvgIpc) is 3.00. The largest absolute Gasteiger partial charge is 0.451 e. The van der Waals surface area contributed by atoms with Crippen molar-refractivity contribution in [2.24, 2.45) is 23.2 Å². The van der Waals surface area contributed by atoms with Crippen molar-refractivity contribution in [1.29, 1.82) is 0 Å². The molecule has 2 unspecified atom stereocenters. The van der Waals surface area contributed by atoms with Crippen molar-refractivity contribution >= 4 is 17.8 Å². The number of carbonyl (C=O) groups excluding carboxylic acids is 3. The van der Waals surface area contributed by atoms with Gasteiger partial charge >= 0.3 is 5.97 Å². The molecule has 3 atom stereocenters. The van der Waals surface area contributed by atoms with Crippen molar-refractivity contribution in [2.75, 3.05) is 6.54 Å². The maximum atomic E-state index is 13.7. The standard InChI is InChI=1S/C23H36N2O5/c1-13(19(27)24-22(2,3)4)30-20(28)18-8-17(26)12-25(18)21(29)23-9-14-5-15(10-23)7-16(6-14)11-23/h13-18,26H,5-12H2,1-4H3,(H,24,27)/t13?,14?,15?,16?,17?,18-,23?/m0/s1. The monoisotopic (exact) mass is 420 g/mol. The zero-order chi connectivity index (χ0) is 21.8. The molecular weight excluding hydrogens is 384 g/mol. The lowest BCUT2D eigenvalue weighted by Gasteiger charge is -2.56. The normalized spacial score (nSPS) is 38.4. The van der Waals surface area contributed by atoms with Gasteiger partial charge in [-0.25, -0.2) is 4.79 Å². The van der Waals surface area contributed by atoms with Crippen LogP contribution in [0.25, 0.3) is 0 Å². The fourth-order valence-electron chi connectivity index (χ4n) is 6.72. The number of esters is 1. The lowest BCUT2D eigenvalue weighted by atomic mass is 9.49. The van der Waals surface area contributed by atoms with Gasteiger partial charge in [-0.15, -0.1) is 0 Å². The summed E-state index contributed by atoms with van der Waals surface area (Å²) in [6.45, 7) is 7.29. The van der Waals surface area contributed by atoms with Crippen LogP contribution in [0.1, 0.15) is 72.6 Å². The number of hydrogen-bond acceptors (Lipinski definition) is 5. The molecule has 0 aromatic heterocycles. The minimum Gasteiger partial charge on any atom is -0.451 e. The predicted octanol–water partition coefficient (Wildman–Crippen LogP) is 2.01. The maximum Gasteiger partial charge on any atom is 0.329 e. The molecule has 7 heteroatoms. The van der Waals surface area contributed by atoms with Crippen molar-refractivity contribution in [3.63, 3.8) is 0 Å². The third kappa shape index (κ3) is 4.10. The summed E-state index contributed by atoms with van der Waals surface area (Å²) in [5.41, 5.74) is -0.797. The summed E-state index contributed by atoms with van der Waals surface area (Å²) >= 11 is 0. The molecule has 0 aromatic carbocycles. The SMILES string of the molecule is CC(OC(=O)[C@@H]1CC(O)CN1C(=O)C12CC3CC(CC(C3)C1)C2)C(=O)NC(C)(C)C. The molecule has 4 aliphatic carbocycles. The Balaban J connectivity index is 1.45. The Morgan fingerprint density at radius 3 is 2.07 bits per heavy atom. The molecule has 4 bridgehead atoms. The second-order valence-electron chi connectivity index (χ2n) is 11.4. The Morgan fingerprint density at radius 1 is 1.03 bits per heavy atom. The van der Waals surface area contributed by atoms with Crippen LogP contribution in [0.3, 0.4) is 0 Å². The molecule has 5 fully saturated rings. The van der Waals surface area contributed by atoms with E-state index in [0.717, 1.165) is 19.3 Å². The Morgan fingerprint density at radius 2 is 1.57 bits per heavy atom. The van der Waals surface area contributed by atoms with Gasteiger partial charge in [0.15, 0.2) is 6.10 Å². The quantitative estimate of drug-likeness (QED) is 0.679. The topological polar surface area (TPSA) is 95.9 Å². The number of aliphatic hydroxyl groups is 1. The fourth-order valence-corrected chi connectivity index (χ4v) is 6.72. The predicted molar refractivity (Wildman–Crippen MR) is 110 cm³/mol. The van der Waals surface area contributed by atoms with Crippen LogP contribution in [0.2, 0.25) is 0 Å². The van der Waals surface area contributed by atoms with Gasteiger partial charge < -0.3 is 20.1 Å². The minimum absolute atomic E-state index is 0.0203. The first-order valence-electron chi connectivity index (χ1n) is 11.5. The van der Waals surface area contributed by atoms with E-state index in [0.29, 0.717) is 17.8 Å². The van der Waals surface area contributed by atoms with Gasteiger partial charge in [0.05, 0.1) is 11.5 Å². The van der Waals surface area contributed by atoms with Crippen LogP contribution in [0, 0.1) is 23.2 Å². The Hall–Kier alpha value is -1.63. The van der Waals surface area contributed by atoms with Gasteiger partial charge in [0.1, 0.15) is 6.04 Å². The number of likely N-dealkylation sites (tertiary alicyclic amines) is 1. The highest BCUT2D eigenvalue weighted by molar-refractivity contribution is 5.90. The molecular formula is C23H36N2O5. The number of rotatable bonds is 4. The summed E-state index contributed by atoms with van der Waals surface area (Å²) in [5.74, 6) is 0.930. The Bertz CT molecular complexity index is 692. The summed E-state index contributed by atoms with van der Waals surface area (Å²) in [7, 11) is 0. The molecule has 2 N–H and O–H groups in total. The number of carbonyl (C=O) groups is 3. The molecule has 0 spiro atoms. The second-order valence-corrected chi connectivity index (χ2v) is 11.4. The van der Waals surface area contributed by atoms with Crippen LogP contribution in [0.4, 0.5) is 0 Å². The third-order valence-corrected chi connectivity index (χ3v) is 7.46. The van der Waals surface area contributed by atoms with Gasteiger partial charge in [-0.3, -0.25) is 9.59 Å². The van der Waals surface area contributed by atoms with Crippen molar-refractivity contribution in [1.82, 2.24) is 10.2 Å². The van der Waals surface area contributed by atoms with E-state index < -0.39 is 29.8 Å². The minimum atomic E-state index is -0.953. The summed E-state index contributed by atoms with van der Waals surface area (Å²) in [6.07, 6.45) is 4.93. The molecule has 30 heavy (non-hydrogen) atoms. The van der Waals surface area contributed by atoms with Crippen LogP contribution in [0.5, 0.6) is 0 Å². The first kappa shape index (κ1) is 21.6. The Labute approximate surface area is 178 Å². The maximum absolute atomic E-state index is 13.7. The number of β-amino-alcohol motifs (C(OH)–C–C–N with tert-alkyl or cyclic N) is 1. The third-order valence-electron chi connectivity index (χ3n) is 7.46. The van der Waals surface area contributed by atoms with Crippen LogP contribution in [-0.4, -0.2) is 58.1 Å². The van der Waals surface area contributed by atoms with E-state index in [-0.39, 0.29) is 30.2 Å². The molecule has 5 aliphatic rings. The highest BCUT2D eigenvalue weighted by Crippen LogP contribution is 2.60. The van der Waals surface area contributed by atoms with E-state index >= 15 is 0 Å². The molecule has 5 rings (SSSR count). The van der Waals surface area contributed by atoms with Gasteiger partial charge in [-0.1, -0.05) is 0 Å². The van der Waals surface area contributed by atoms with E-state index in [1.807, 2.05) is 20.8 Å². The van der Waals surface area contributed by atoms with Crippen molar-refractivity contribution in [3.8, 4) is 0 Å². The van der Waals surface area contributed by atoms with Gasteiger partial charge in [0, 0.05) is 18.5 Å². The highest BCUT2D eigenvalue weighted by Gasteiger charge is 2.57. The van der Waals surface area contributed by atoms with Gasteiger partial charge in [0.2, 0.25) is 5.91 Å². The number of hydrogen-bond donors (Lipinski definition) is 2. The zero-order valence-electron chi connectivity index (χ0n) is 18.6. The smallest absolute Gasteiger partial charge is 0.329 e. The second kappa shape index (κ2) is 7.50.